The van der Waals surface area contributed by atoms with Crippen LogP contribution in [0.3, 0.4) is 0 Å². The number of amides is 2. The normalized spacial score (nSPS) is 14.8. The molecule has 0 fully saturated rings. The van der Waals surface area contributed by atoms with Crippen molar-refractivity contribution in [3.8, 4) is 11.5 Å². The van der Waals surface area contributed by atoms with E-state index in [-0.39, 0.29) is 12.5 Å². The summed E-state index contributed by atoms with van der Waals surface area (Å²) in [6, 6.07) is 13.5. The Morgan fingerprint density at radius 2 is 1.87 bits per heavy atom. The Hall–Kier alpha value is -3.55. The minimum Gasteiger partial charge on any atom is -0.494 e. The lowest BCUT2D eigenvalue weighted by atomic mass is 10.1. The molecule has 0 saturated carbocycles. The molecular formula is C23H26N2O6. The van der Waals surface area contributed by atoms with Crippen LogP contribution in [0.1, 0.15) is 30.1 Å². The largest absolute Gasteiger partial charge is 0.494 e. The second-order valence-electron chi connectivity index (χ2n) is 7.00. The first-order chi connectivity index (χ1) is 15.0. The molecular weight excluding hydrogens is 400 g/mol. The molecule has 0 spiro atoms. The predicted octanol–water partition coefficient (Wildman–Crippen LogP) is 2.56. The third-order valence-corrected chi connectivity index (χ3v) is 4.80. The van der Waals surface area contributed by atoms with E-state index in [0.29, 0.717) is 29.4 Å². The van der Waals surface area contributed by atoms with Gasteiger partial charge >= 0.3 is 5.97 Å². The van der Waals surface area contributed by atoms with Gasteiger partial charge in [0, 0.05) is 7.05 Å². The van der Waals surface area contributed by atoms with Crippen molar-refractivity contribution in [2.45, 2.75) is 25.9 Å². The van der Waals surface area contributed by atoms with Gasteiger partial charge in [-0.15, -0.1) is 0 Å². The molecule has 0 aliphatic carbocycles. The first kappa shape index (κ1) is 22.1. The summed E-state index contributed by atoms with van der Waals surface area (Å²) in [5.74, 6) is -0.312. The smallest absolute Gasteiger partial charge is 0.338 e. The number of esters is 1. The number of likely N-dealkylation sites (N-methyl/N-ethyl adjacent to an activating group) is 1. The Morgan fingerprint density at radius 1 is 1.13 bits per heavy atom. The second kappa shape index (κ2) is 10.5. The highest BCUT2D eigenvalue weighted by Gasteiger charge is 2.33. The fourth-order valence-electron chi connectivity index (χ4n) is 3.08. The van der Waals surface area contributed by atoms with Crippen molar-refractivity contribution in [3.63, 3.8) is 0 Å². The van der Waals surface area contributed by atoms with Gasteiger partial charge < -0.3 is 24.4 Å². The number of hydrogen-bond acceptors (Lipinski definition) is 6. The van der Waals surface area contributed by atoms with Crippen LogP contribution in [0, 0.1) is 0 Å². The summed E-state index contributed by atoms with van der Waals surface area (Å²) in [5.41, 5.74) is 0.846. The van der Waals surface area contributed by atoms with Gasteiger partial charge in [0.25, 0.3) is 11.8 Å². The molecule has 1 aliphatic heterocycles. The van der Waals surface area contributed by atoms with Gasteiger partial charge in [0.15, 0.2) is 12.7 Å². The third kappa shape index (κ3) is 5.53. The minimum absolute atomic E-state index is 0.0247. The van der Waals surface area contributed by atoms with Gasteiger partial charge in [-0.2, -0.15) is 0 Å². The second-order valence-corrected chi connectivity index (χ2v) is 7.00. The maximum absolute atomic E-state index is 12.8. The summed E-state index contributed by atoms with van der Waals surface area (Å²) in [7, 11) is 1.50. The number of unbranched alkanes of at least 4 members (excludes halogenated alkanes) is 1. The van der Waals surface area contributed by atoms with Gasteiger partial charge in [-0.3, -0.25) is 9.59 Å². The van der Waals surface area contributed by atoms with Gasteiger partial charge in [0.2, 0.25) is 0 Å². The van der Waals surface area contributed by atoms with E-state index in [1.165, 1.54) is 11.9 Å². The number of para-hydroxylation sites is 2. The van der Waals surface area contributed by atoms with E-state index in [1.54, 1.807) is 48.5 Å². The number of fused-ring (bicyclic) bond motifs is 1. The van der Waals surface area contributed by atoms with E-state index in [1.807, 2.05) is 0 Å². The molecule has 31 heavy (non-hydrogen) atoms. The Labute approximate surface area is 181 Å². The van der Waals surface area contributed by atoms with E-state index in [2.05, 4.69) is 12.2 Å². The molecule has 0 aromatic heterocycles. The van der Waals surface area contributed by atoms with Crippen molar-refractivity contribution in [1.82, 2.24) is 5.32 Å². The zero-order valence-corrected chi connectivity index (χ0v) is 17.6. The minimum atomic E-state index is -0.847. The number of nitrogens with zero attached hydrogens (tertiary/aromatic N) is 1. The van der Waals surface area contributed by atoms with Crippen molar-refractivity contribution in [2.24, 2.45) is 0 Å². The maximum Gasteiger partial charge on any atom is 0.338 e. The number of benzene rings is 2. The standard InChI is InChI=1S/C23H26N2O6/c1-3-4-13-29-17-11-9-16(10-12-17)23(28)30-15-21(26)25-14-20(22(27)24-2)31-19-8-6-5-7-18(19)25/h5-12,20H,3-4,13-15H2,1-2H3,(H,24,27). The number of carbonyl (C=O) groups excluding carboxylic acids is 3. The van der Waals surface area contributed by atoms with Gasteiger partial charge in [-0.05, 0) is 42.8 Å². The van der Waals surface area contributed by atoms with Crippen LogP contribution in [0.2, 0.25) is 0 Å². The summed E-state index contributed by atoms with van der Waals surface area (Å²) >= 11 is 0. The van der Waals surface area contributed by atoms with Crippen LogP contribution in [-0.2, 0) is 14.3 Å². The molecule has 2 aromatic rings. The molecule has 1 heterocycles. The Kier molecular flexibility index (Phi) is 7.48. The van der Waals surface area contributed by atoms with Crippen molar-refractivity contribution >= 4 is 23.5 Å². The van der Waals surface area contributed by atoms with Crippen LogP contribution in [-0.4, -0.2) is 50.7 Å². The molecule has 1 unspecified atom stereocenters. The van der Waals surface area contributed by atoms with Gasteiger partial charge in [-0.1, -0.05) is 25.5 Å². The van der Waals surface area contributed by atoms with Gasteiger partial charge in [0.05, 0.1) is 24.4 Å². The Balaban J connectivity index is 1.61. The fraction of sp³-hybridized carbons (Fsp3) is 0.348. The number of ether oxygens (including phenoxy) is 3. The van der Waals surface area contributed by atoms with Gasteiger partial charge in [-0.25, -0.2) is 4.79 Å². The fourth-order valence-corrected chi connectivity index (χ4v) is 3.08. The Bertz CT molecular complexity index is 928. The predicted molar refractivity (Wildman–Crippen MR) is 114 cm³/mol. The number of carbonyl (C=O) groups is 3. The molecule has 3 rings (SSSR count). The zero-order valence-electron chi connectivity index (χ0n) is 17.6. The molecule has 8 nitrogen and oxygen atoms in total. The molecule has 1 N–H and O–H groups in total. The molecule has 1 atom stereocenters. The summed E-state index contributed by atoms with van der Waals surface area (Å²) in [4.78, 5) is 38.6. The molecule has 0 bridgehead atoms. The average Bonchev–Trinajstić information content (AvgIpc) is 2.81. The van der Waals surface area contributed by atoms with Crippen molar-refractivity contribution in [1.29, 1.82) is 0 Å². The summed E-state index contributed by atoms with van der Waals surface area (Å²) in [5, 5.41) is 2.52. The molecule has 2 amide bonds. The summed E-state index contributed by atoms with van der Waals surface area (Å²) in [6.07, 6.45) is 1.15. The van der Waals surface area contributed by atoms with Crippen LogP contribution in [0.25, 0.3) is 0 Å². The number of rotatable bonds is 8. The van der Waals surface area contributed by atoms with Crippen LogP contribution < -0.4 is 19.7 Å². The van der Waals surface area contributed by atoms with E-state index >= 15 is 0 Å². The van der Waals surface area contributed by atoms with Crippen LogP contribution in [0.15, 0.2) is 48.5 Å². The van der Waals surface area contributed by atoms with Gasteiger partial charge in [0.1, 0.15) is 11.5 Å². The molecule has 164 valence electrons. The zero-order chi connectivity index (χ0) is 22.2. The molecule has 0 saturated heterocycles. The lowest BCUT2D eigenvalue weighted by molar-refractivity contribution is -0.128. The van der Waals surface area contributed by atoms with E-state index in [9.17, 15) is 14.4 Å². The lowest BCUT2D eigenvalue weighted by Gasteiger charge is -2.33. The van der Waals surface area contributed by atoms with Crippen molar-refractivity contribution in [3.05, 3.63) is 54.1 Å². The number of hydrogen-bond donors (Lipinski definition) is 1. The molecule has 0 radical (unpaired) electrons. The van der Waals surface area contributed by atoms with Crippen LogP contribution in [0.4, 0.5) is 5.69 Å². The van der Waals surface area contributed by atoms with E-state index in [4.69, 9.17) is 14.2 Å². The van der Waals surface area contributed by atoms with Crippen LogP contribution in [0.5, 0.6) is 11.5 Å². The highest BCUT2D eigenvalue weighted by molar-refractivity contribution is 5.99. The third-order valence-electron chi connectivity index (χ3n) is 4.80. The molecule has 2 aromatic carbocycles. The van der Waals surface area contributed by atoms with Crippen LogP contribution >= 0.6 is 0 Å². The average molecular weight is 426 g/mol. The highest BCUT2D eigenvalue weighted by Crippen LogP contribution is 2.33. The highest BCUT2D eigenvalue weighted by atomic mass is 16.5. The quantitative estimate of drug-likeness (QED) is 0.515. The number of nitrogens with one attached hydrogen (secondary N) is 1. The molecule has 1 aliphatic rings. The SMILES string of the molecule is CCCCOc1ccc(C(=O)OCC(=O)N2CC(C(=O)NC)Oc3ccccc32)cc1. The lowest BCUT2D eigenvalue weighted by Crippen LogP contribution is -2.51. The van der Waals surface area contributed by atoms with E-state index in [0.717, 1.165) is 12.8 Å². The summed E-state index contributed by atoms with van der Waals surface area (Å²) < 4.78 is 16.5. The number of anilines is 1. The monoisotopic (exact) mass is 426 g/mol. The maximum atomic E-state index is 12.8. The Morgan fingerprint density at radius 3 is 2.58 bits per heavy atom. The summed E-state index contributed by atoms with van der Waals surface area (Å²) in [6.45, 7) is 2.27. The van der Waals surface area contributed by atoms with Crippen molar-refractivity contribution < 1.29 is 28.6 Å². The van der Waals surface area contributed by atoms with Crippen molar-refractivity contribution in [2.75, 3.05) is 31.7 Å². The first-order valence-corrected chi connectivity index (χ1v) is 10.2. The van der Waals surface area contributed by atoms with E-state index < -0.39 is 24.6 Å². The molecule has 8 heteroatoms. The first-order valence-electron chi connectivity index (χ1n) is 10.2. The topological polar surface area (TPSA) is 94.2 Å².